The van der Waals surface area contributed by atoms with E-state index in [9.17, 15) is 4.57 Å². The standard InChI is InChI=1S/C20H41O3P/c1-3-5-7-8-9-10-14-17-22-24(21,18-6-4-2)23-19-20-15-12-11-13-16-20/h20H,3-19H2,1-2H3. The Balaban J connectivity index is 2.20. The van der Waals surface area contributed by atoms with Crippen LogP contribution in [0, 0.1) is 5.92 Å². The van der Waals surface area contributed by atoms with Gasteiger partial charge in [-0.05, 0) is 31.6 Å². The van der Waals surface area contributed by atoms with Crippen LogP contribution in [0.1, 0.15) is 104 Å². The zero-order valence-electron chi connectivity index (χ0n) is 16.3. The quantitative estimate of drug-likeness (QED) is 0.226. The minimum absolute atomic E-state index is 0.590. The van der Waals surface area contributed by atoms with Crippen LogP contribution in [0.5, 0.6) is 0 Å². The molecule has 1 aliphatic rings. The van der Waals surface area contributed by atoms with Crippen molar-refractivity contribution in [3.63, 3.8) is 0 Å². The maximum atomic E-state index is 12.9. The van der Waals surface area contributed by atoms with Gasteiger partial charge in [0.15, 0.2) is 0 Å². The van der Waals surface area contributed by atoms with Gasteiger partial charge in [0.25, 0.3) is 0 Å². The minimum atomic E-state index is -2.87. The second-order valence-corrected chi connectivity index (χ2v) is 9.63. The fourth-order valence-corrected chi connectivity index (χ4v) is 5.24. The average Bonchev–Trinajstić information content (AvgIpc) is 2.62. The predicted octanol–water partition coefficient (Wildman–Crippen LogP) is 7.34. The van der Waals surface area contributed by atoms with Crippen molar-refractivity contribution in [2.24, 2.45) is 5.92 Å². The van der Waals surface area contributed by atoms with Crippen molar-refractivity contribution in [3.8, 4) is 0 Å². The summed E-state index contributed by atoms with van der Waals surface area (Å²) in [7, 11) is -2.87. The minimum Gasteiger partial charge on any atom is -0.309 e. The van der Waals surface area contributed by atoms with E-state index in [0.29, 0.717) is 25.3 Å². The molecule has 0 saturated heterocycles. The van der Waals surface area contributed by atoms with E-state index >= 15 is 0 Å². The molecule has 0 spiro atoms. The number of hydrogen-bond acceptors (Lipinski definition) is 3. The van der Waals surface area contributed by atoms with E-state index in [-0.39, 0.29) is 0 Å². The Morgan fingerprint density at radius 1 is 0.792 bits per heavy atom. The summed E-state index contributed by atoms with van der Waals surface area (Å²) < 4.78 is 24.6. The number of rotatable bonds is 15. The van der Waals surface area contributed by atoms with Gasteiger partial charge in [-0.2, -0.15) is 0 Å². The lowest BCUT2D eigenvalue weighted by molar-refractivity contribution is 0.159. The lowest BCUT2D eigenvalue weighted by Crippen LogP contribution is -2.14. The Labute approximate surface area is 150 Å². The van der Waals surface area contributed by atoms with Gasteiger partial charge in [0.1, 0.15) is 0 Å². The fraction of sp³-hybridized carbons (Fsp3) is 1.00. The van der Waals surface area contributed by atoms with Gasteiger partial charge in [0.05, 0.1) is 19.4 Å². The Morgan fingerprint density at radius 2 is 1.42 bits per heavy atom. The topological polar surface area (TPSA) is 35.5 Å². The first-order chi connectivity index (χ1) is 11.7. The van der Waals surface area contributed by atoms with Gasteiger partial charge in [-0.25, -0.2) is 0 Å². The van der Waals surface area contributed by atoms with Gasteiger partial charge in [0.2, 0.25) is 0 Å². The van der Waals surface area contributed by atoms with Crippen LogP contribution in [0.2, 0.25) is 0 Å². The first-order valence-electron chi connectivity index (χ1n) is 10.6. The average molecular weight is 361 g/mol. The second-order valence-electron chi connectivity index (χ2n) is 7.44. The second kappa shape index (κ2) is 14.3. The molecule has 24 heavy (non-hydrogen) atoms. The van der Waals surface area contributed by atoms with Crippen LogP contribution in [0.3, 0.4) is 0 Å². The van der Waals surface area contributed by atoms with E-state index in [0.717, 1.165) is 19.3 Å². The lowest BCUT2D eigenvalue weighted by Gasteiger charge is -2.25. The van der Waals surface area contributed by atoms with Crippen molar-refractivity contribution in [2.75, 3.05) is 19.4 Å². The molecule has 0 heterocycles. The summed E-state index contributed by atoms with van der Waals surface area (Å²) in [6.07, 6.45) is 17.7. The molecule has 0 aromatic heterocycles. The molecule has 1 atom stereocenters. The molecule has 0 amide bonds. The van der Waals surface area contributed by atoms with Crippen molar-refractivity contribution in [3.05, 3.63) is 0 Å². The number of hydrogen-bond donors (Lipinski definition) is 0. The molecular formula is C20H41O3P. The fourth-order valence-electron chi connectivity index (χ4n) is 3.35. The Kier molecular flexibility index (Phi) is 13.3. The summed E-state index contributed by atoms with van der Waals surface area (Å²) in [6.45, 7) is 5.61. The summed E-state index contributed by atoms with van der Waals surface area (Å²) in [6, 6.07) is 0. The third kappa shape index (κ3) is 10.9. The van der Waals surface area contributed by atoms with Crippen LogP contribution in [0.15, 0.2) is 0 Å². The Morgan fingerprint density at radius 3 is 2.08 bits per heavy atom. The molecule has 1 unspecified atom stereocenters. The van der Waals surface area contributed by atoms with Gasteiger partial charge in [-0.15, -0.1) is 0 Å². The van der Waals surface area contributed by atoms with Crippen LogP contribution >= 0.6 is 7.60 Å². The van der Waals surface area contributed by atoms with Crippen LogP contribution in [-0.2, 0) is 13.6 Å². The summed E-state index contributed by atoms with van der Waals surface area (Å²) >= 11 is 0. The van der Waals surface area contributed by atoms with E-state index in [2.05, 4.69) is 13.8 Å². The lowest BCUT2D eigenvalue weighted by atomic mass is 9.90. The van der Waals surface area contributed by atoms with Crippen LogP contribution < -0.4 is 0 Å². The smallest absolute Gasteiger partial charge is 0.309 e. The van der Waals surface area contributed by atoms with Crippen LogP contribution in [0.25, 0.3) is 0 Å². The van der Waals surface area contributed by atoms with Gasteiger partial charge in [0, 0.05) is 0 Å². The maximum absolute atomic E-state index is 12.9. The maximum Gasteiger partial charge on any atom is 0.330 e. The van der Waals surface area contributed by atoms with Crippen molar-refractivity contribution in [2.45, 2.75) is 104 Å². The molecule has 3 nitrogen and oxygen atoms in total. The van der Waals surface area contributed by atoms with Crippen molar-refractivity contribution >= 4 is 7.60 Å². The predicted molar refractivity (Wildman–Crippen MR) is 104 cm³/mol. The van der Waals surface area contributed by atoms with Crippen molar-refractivity contribution in [1.82, 2.24) is 0 Å². The van der Waals surface area contributed by atoms with Crippen molar-refractivity contribution in [1.29, 1.82) is 0 Å². The number of unbranched alkanes of at least 4 members (excludes halogenated alkanes) is 7. The first-order valence-corrected chi connectivity index (χ1v) is 12.3. The van der Waals surface area contributed by atoms with E-state index in [1.807, 2.05) is 0 Å². The highest BCUT2D eigenvalue weighted by Gasteiger charge is 2.26. The van der Waals surface area contributed by atoms with E-state index < -0.39 is 7.60 Å². The van der Waals surface area contributed by atoms with Gasteiger partial charge in [-0.3, -0.25) is 4.57 Å². The van der Waals surface area contributed by atoms with Gasteiger partial charge < -0.3 is 9.05 Å². The summed E-state index contributed by atoms with van der Waals surface area (Å²) in [4.78, 5) is 0. The zero-order chi connectivity index (χ0) is 17.5. The van der Waals surface area contributed by atoms with E-state index in [1.54, 1.807) is 0 Å². The zero-order valence-corrected chi connectivity index (χ0v) is 17.2. The molecule has 1 fully saturated rings. The molecule has 0 aromatic rings. The molecule has 0 aromatic carbocycles. The molecule has 4 heteroatoms. The van der Waals surface area contributed by atoms with Crippen molar-refractivity contribution < 1.29 is 13.6 Å². The molecule has 1 aliphatic carbocycles. The molecule has 144 valence electrons. The monoisotopic (exact) mass is 360 g/mol. The third-order valence-electron chi connectivity index (χ3n) is 5.05. The molecule has 1 rings (SSSR count). The van der Waals surface area contributed by atoms with E-state index in [4.69, 9.17) is 9.05 Å². The van der Waals surface area contributed by atoms with Gasteiger partial charge in [-0.1, -0.05) is 78.1 Å². The van der Waals surface area contributed by atoms with E-state index in [1.165, 1.54) is 70.6 Å². The molecule has 0 radical (unpaired) electrons. The first kappa shape index (κ1) is 22.2. The largest absolute Gasteiger partial charge is 0.330 e. The Bertz CT molecular complexity index is 327. The molecule has 1 saturated carbocycles. The highest BCUT2D eigenvalue weighted by molar-refractivity contribution is 7.53. The summed E-state index contributed by atoms with van der Waals surface area (Å²) in [5.41, 5.74) is 0. The van der Waals surface area contributed by atoms with Gasteiger partial charge >= 0.3 is 7.60 Å². The highest BCUT2D eigenvalue weighted by atomic mass is 31.2. The summed E-state index contributed by atoms with van der Waals surface area (Å²) in [5.74, 6) is 0.593. The van der Waals surface area contributed by atoms with Crippen LogP contribution in [-0.4, -0.2) is 19.4 Å². The summed E-state index contributed by atoms with van der Waals surface area (Å²) in [5, 5.41) is 0. The van der Waals surface area contributed by atoms with Crippen LogP contribution in [0.4, 0.5) is 0 Å². The molecule has 0 N–H and O–H groups in total. The SMILES string of the molecule is CCCCCCCCCOP(=O)(CCCC)OCC1CCCCC1. The molecule has 0 aliphatic heterocycles. The molecule has 0 bridgehead atoms. The third-order valence-corrected chi connectivity index (χ3v) is 7.04. The highest BCUT2D eigenvalue weighted by Crippen LogP contribution is 2.50. The molecular weight excluding hydrogens is 319 g/mol. The normalized spacial score (nSPS) is 18.6. The Hall–Kier alpha value is 0.150.